The van der Waals surface area contributed by atoms with Crippen LogP contribution in [0.15, 0.2) is 35.7 Å². The summed E-state index contributed by atoms with van der Waals surface area (Å²) in [6.07, 6.45) is 10.2. The average Bonchev–Trinajstić information content (AvgIpc) is 3.14. The van der Waals surface area contributed by atoms with E-state index in [0.29, 0.717) is 6.04 Å². The second-order valence-corrected chi connectivity index (χ2v) is 7.74. The van der Waals surface area contributed by atoms with Crippen molar-refractivity contribution in [1.82, 2.24) is 25.2 Å². The van der Waals surface area contributed by atoms with E-state index in [1.54, 1.807) is 0 Å². The molecule has 0 atom stereocenters. The first kappa shape index (κ1) is 21.1. The number of aliphatic imine (C=N–C) groups is 1. The van der Waals surface area contributed by atoms with Gasteiger partial charge < -0.3 is 20.1 Å². The summed E-state index contributed by atoms with van der Waals surface area (Å²) in [5, 5.41) is 7.02. The van der Waals surface area contributed by atoms with Gasteiger partial charge in [-0.1, -0.05) is 6.07 Å². The second-order valence-electron chi connectivity index (χ2n) is 7.74. The first-order chi connectivity index (χ1) is 14.2. The zero-order valence-electron chi connectivity index (χ0n) is 18.1. The summed E-state index contributed by atoms with van der Waals surface area (Å²) in [5.74, 6) is 3.11. The summed E-state index contributed by atoms with van der Waals surface area (Å²) in [7, 11) is 0. The van der Waals surface area contributed by atoms with Gasteiger partial charge in [-0.15, -0.1) is 0 Å². The molecule has 0 aromatic carbocycles. The van der Waals surface area contributed by atoms with E-state index in [-0.39, 0.29) is 0 Å². The van der Waals surface area contributed by atoms with E-state index < -0.39 is 0 Å². The molecule has 1 aliphatic rings. The number of rotatable bonds is 8. The smallest absolute Gasteiger partial charge is 0.191 e. The van der Waals surface area contributed by atoms with Crippen molar-refractivity contribution in [3.63, 3.8) is 0 Å². The molecule has 1 saturated heterocycles. The molecule has 2 N–H and O–H groups in total. The molecule has 0 unspecified atom stereocenters. The number of aromatic nitrogens is 3. The Labute approximate surface area is 174 Å². The number of anilines is 1. The third kappa shape index (κ3) is 6.48. The Morgan fingerprint density at radius 2 is 2.00 bits per heavy atom. The van der Waals surface area contributed by atoms with Gasteiger partial charge in [0.1, 0.15) is 11.6 Å². The lowest BCUT2D eigenvalue weighted by molar-refractivity contribution is 0.459. The van der Waals surface area contributed by atoms with Crippen LogP contribution in [0.25, 0.3) is 0 Å². The highest BCUT2D eigenvalue weighted by Crippen LogP contribution is 2.18. The van der Waals surface area contributed by atoms with Gasteiger partial charge in [0.05, 0.1) is 0 Å². The van der Waals surface area contributed by atoms with Crippen LogP contribution < -0.4 is 15.5 Å². The molecular formula is C22H35N7. The van der Waals surface area contributed by atoms with E-state index in [4.69, 9.17) is 4.99 Å². The summed E-state index contributed by atoms with van der Waals surface area (Å²) in [6.45, 7) is 11.0. The Kier molecular flexibility index (Phi) is 7.90. The zero-order valence-corrected chi connectivity index (χ0v) is 18.1. The number of imidazole rings is 1. The zero-order chi connectivity index (χ0) is 20.5. The number of nitrogens with one attached hydrogen (secondary N) is 2. The van der Waals surface area contributed by atoms with Gasteiger partial charge in [0.2, 0.25) is 0 Å². The summed E-state index contributed by atoms with van der Waals surface area (Å²) in [6, 6.07) is 4.72. The highest BCUT2D eigenvalue weighted by molar-refractivity contribution is 5.80. The van der Waals surface area contributed by atoms with Gasteiger partial charge in [-0.25, -0.2) is 9.97 Å². The maximum atomic E-state index is 4.78. The van der Waals surface area contributed by atoms with Crippen LogP contribution in [0.4, 0.5) is 5.82 Å². The topological polar surface area (TPSA) is 70.4 Å². The van der Waals surface area contributed by atoms with Crippen LogP contribution >= 0.6 is 0 Å². The van der Waals surface area contributed by atoms with Gasteiger partial charge in [0, 0.05) is 57.4 Å². The molecule has 2 aromatic heterocycles. The monoisotopic (exact) mass is 397 g/mol. The van der Waals surface area contributed by atoms with Crippen LogP contribution in [-0.4, -0.2) is 52.7 Å². The molecule has 3 rings (SSSR count). The summed E-state index contributed by atoms with van der Waals surface area (Å²) < 4.78 is 2.20. The molecule has 2 aromatic rings. The third-order valence-corrected chi connectivity index (χ3v) is 5.40. The van der Waals surface area contributed by atoms with Crippen molar-refractivity contribution < 1.29 is 0 Å². The molecule has 0 bridgehead atoms. The van der Waals surface area contributed by atoms with Crippen LogP contribution in [0.3, 0.4) is 0 Å². The molecule has 158 valence electrons. The predicted octanol–water partition coefficient (Wildman–Crippen LogP) is 2.90. The molecule has 0 saturated carbocycles. The lowest BCUT2D eigenvalue weighted by Gasteiger charge is -2.33. The Morgan fingerprint density at radius 3 is 2.66 bits per heavy atom. The number of hydrogen-bond donors (Lipinski definition) is 2. The first-order valence-corrected chi connectivity index (χ1v) is 10.9. The van der Waals surface area contributed by atoms with Crippen LogP contribution in [0, 0.1) is 13.8 Å². The Morgan fingerprint density at radius 1 is 1.17 bits per heavy atom. The summed E-state index contributed by atoms with van der Waals surface area (Å²) >= 11 is 0. The van der Waals surface area contributed by atoms with Crippen molar-refractivity contribution in [1.29, 1.82) is 0 Å². The summed E-state index contributed by atoms with van der Waals surface area (Å²) in [4.78, 5) is 16.0. The van der Waals surface area contributed by atoms with E-state index in [0.717, 1.165) is 76.0 Å². The minimum atomic E-state index is 0.461. The number of piperidine rings is 1. The molecule has 1 fully saturated rings. The fraction of sp³-hybridized carbons (Fsp3) is 0.591. The molecular weight excluding hydrogens is 362 g/mol. The van der Waals surface area contributed by atoms with Crippen molar-refractivity contribution in [3.05, 3.63) is 42.1 Å². The van der Waals surface area contributed by atoms with E-state index in [2.05, 4.69) is 56.0 Å². The molecule has 0 amide bonds. The minimum Gasteiger partial charge on any atom is -0.357 e. The lowest BCUT2D eigenvalue weighted by atomic mass is 10.1. The molecule has 7 heteroatoms. The van der Waals surface area contributed by atoms with Crippen LogP contribution in [0.5, 0.6) is 0 Å². The van der Waals surface area contributed by atoms with Crippen molar-refractivity contribution in [3.8, 4) is 0 Å². The third-order valence-electron chi connectivity index (χ3n) is 5.40. The standard InChI is InChI=1S/C22H35N7/c1-4-23-22(25-11-5-6-13-28-16-12-24-19(28)3)27-20-9-14-29(15-10-20)21-8-7-18(2)17-26-21/h7-8,12,16-17,20H,4-6,9-11,13-15H2,1-3H3,(H2,23,25,27). The number of pyridine rings is 1. The molecule has 0 aliphatic carbocycles. The fourth-order valence-corrected chi connectivity index (χ4v) is 3.64. The molecule has 0 radical (unpaired) electrons. The van der Waals surface area contributed by atoms with Gasteiger partial charge in [-0.05, 0) is 58.1 Å². The Bertz CT molecular complexity index is 758. The number of unbranched alkanes of at least 4 members (excludes halogenated alkanes) is 1. The van der Waals surface area contributed by atoms with Gasteiger partial charge in [0.15, 0.2) is 5.96 Å². The van der Waals surface area contributed by atoms with Crippen molar-refractivity contribution in [2.24, 2.45) is 4.99 Å². The molecule has 7 nitrogen and oxygen atoms in total. The highest BCUT2D eigenvalue weighted by Gasteiger charge is 2.20. The molecule has 1 aliphatic heterocycles. The first-order valence-electron chi connectivity index (χ1n) is 10.9. The van der Waals surface area contributed by atoms with Crippen LogP contribution in [0.1, 0.15) is 44.0 Å². The average molecular weight is 398 g/mol. The Hall–Kier alpha value is -2.57. The number of aryl methyl sites for hydroxylation is 3. The number of guanidine groups is 1. The normalized spacial score (nSPS) is 15.6. The maximum absolute atomic E-state index is 4.78. The van der Waals surface area contributed by atoms with E-state index in [9.17, 15) is 0 Å². The molecule has 29 heavy (non-hydrogen) atoms. The van der Waals surface area contributed by atoms with E-state index in [1.165, 1.54) is 5.56 Å². The highest BCUT2D eigenvalue weighted by atomic mass is 15.2. The Balaban J connectivity index is 1.41. The minimum absolute atomic E-state index is 0.461. The molecule has 3 heterocycles. The van der Waals surface area contributed by atoms with Gasteiger partial charge >= 0.3 is 0 Å². The molecule has 0 spiro atoms. The van der Waals surface area contributed by atoms with Gasteiger partial charge in [0.25, 0.3) is 0 Å². The quantitative estimate of drug-likeness (QED) is 0.407. The second kappa shape index (κ2) is 10.8. The fourth-order valence-electron chi connectivity index (χ4n) is 3.64. The van der Waals surface area contributed by atoms with Crippen LogP contribution in [0.2, 0.25) is 0 Å². The van der Waals surface area contributed by atoms with Crippen molar-refractivity contribution in [2.45, 2.75) is 59.0 Å². The number of nitrogens with zero attached hydrogens (tertiary/aromatic N) is 5. The largest absolute Gasteiger partial charge is 0.357 e. The lowest BCUT2D eigenvalue weighted by Crippen LogP contribution is -2.49. The van der Waals surface area contributed by atoms with Gasteiger partial charge in [-0.2, -0.15) is 0 Å². The van der Waals surface area contributed by atoms with E-state index >= 15 is 0 Å². The van der Waals surface area contributed by atoms with Gasteiger partial charge in [-0.3, -0.25) is 4.99 Å². The van der Waals surface area contributed by atoms with E-state index in [1.807, 2.05) is 25.5 Å². The SMILES string of the molecule is CCNC(=NCCCCn1ccnc1C)NC1CCN(c2ccc(C)cn2)CC1. The predicted molar refractivity (Wildman–Crippen MR) is 120 cm³/mol. The van der Waals surface area contributed by atoms with Crippen molar-refractivity contribution >= 4 is 11.8 Å². The number of hydrogen-bond acceptors (Lipinski definition) is 4. The maximum Gasteiger partial charge on any atom is 0.191 e. The van der Waals surface area contributed by atoms with Crippen molar-refractivity contribution in [2.75, 3.05) is 31.1 Å². The summed E-state index contributed by atoms with van der Waals surface area (Å²) in [5.41, 5.74) is 1.21. The van der Waals surface area contributed by atoms with Crippen LogP contribution in [-0.2, 0) is 6.54 Å².